The number of carbonyl (C=O) groups is 1. The number of carbonyl (C=O) groups excluding carboxylic acids is 1. The zero-order chi connectivity index (χ0) is 23.2. The van der Waals surface area contributed by atoms with Gasteiger partial charge in [-0.25, -0.2) is 4.98 Å². The molecule has 0 fully saturated rings. The molecule has 8 heteroatoms. The van der Waals surface area contributed by atoms with Crippen LogP contribution in [0.4, 0.5) is 0 Å². The second kappa shape index (κ2) is 10.1. The summed E-state index contributed by atoms with van der Waals surface area (Å²) in [6.07, 6.45) is 5.67. The van der Waals surface area contributed by atoms with Crippen LogP contribution in [0.3, 0.4) is 0 Å². The van der Waals surface area contributed by atoms with Gasteiger partial charge in [0.2, 0.25) is 5.89 Å². The van der Waals surface area contributed by atoms with Crippen molar-refractivity contribution in [3.63, 3.8) is 0 Å². The molecular weight excluding hydrogens is 418 g/mol. The Hall–Kier alpha value is -3.91. The van der Waals surface area contributed by atoms with E-state index in [0.717, 1.165) is 36.0 Å². The number of hydrogen-bond acceptors (Lipinski definition) is 7. The molecular formula is C25H25N5O3. The first-order valence-electron chi connectivity index (χ1n) is 10.7. The minimum atomic E-state index is -0.0589. The second-order valence-corrected chi connectivity index (χ2v) is 7.82. The van der Waals surface area contributed by atoms with Crippen LogP contribution in [0.1, 0.15) is 28.8 Å². The number of amides is 1. The lowest BCUT2D eigenvalue weighted by molar-refractivity contribution is 0.0827. The zero-order valence-electron chi connectivity index (χ0n) is 18.6. The lowest BCUT2D eigenvalue weighted by atomic mass is 10.0. The van der Waals surface area contributed by atoms with Crippen LogP contribution in [-0.2, 0) is 6.42 Å². The van der Waals surface area contributed by atoms with E-state index in [2.05, 4.69) is 20.2 Å². The van der Waals surface area contributed by atoms with Crippen molar-refractivity contribution < 1.29 is 14.3 Å². The van der Waals surface area contributed by atoms with Crippen LogP contribution in [0.25, 0.3) is 34.3 Å². The molecule has 2 aromatic carbocycles. The van der Waals surface area contributed by atoms with Crippen LogP contribution in [0, 0.1) is 0 Å². The Morgan fingerprint density at radius 3 is 2.42 bits per heavy atom. The number of rotatable bonds is 8. The van der Waals surface area contributed by atoms with Crippen LogP contribution in [0.2, 0.25) is 0 Å². The summed E-state index contributed by atoms with van der Waals surface area (Å²) in [5, 5.41) is 17.5. The summed E-state index contributed by atoms with van der Waals surface area (Å²) in [6, 6.07) is 15.1. The predicted octanol–water partition coefficient (Wildman–Crippen LogP) is 3.88. The largest absolute Gasteiger partial charge is 0.415 e. The minimum Gasteiger partial charge on any atom is -0.415 e. The molecule has 0 radical (unpaired) electrons. The fraction of sp³-hybridized carbons (Fsp3) is 0.240. The number of aliphatic hydroxyl groups is 1. The summed E-state index contributed by atoms with van der Waals surface area (Å²) in [7, 11) is 3.44. The molecule has 0 aliphatic carbocycles. The average Bonchev–Trinajstić information content (AvgIpc) is 3.34. The summed E-state index contributed by atoms with van der Waals surface area (Å²) in [6.45, 7) is 0.177. The van der Waals surface area contributed by atoms with Gasteiger partial charge in [-0.2, -0.15) is 0 Å². The molecule has 2 heterocycles. The average molecular weight is 444 g/mol. The van der Waals surface area contributed by atoms with Crippen molar-refractivity contribution in [3.8, 4) is 34.3 Å². The lowest BCUT2D eigenvalue weighted by Gasteiger charge is -2.10. The third kappa shape index (κ3) is 5.12. The van der Waals surface area contributed by atoms with Gasteiger partial charge >= 0.3 is 0 Å². The van der Waals surface area contributed by atoms with Crippen molar-refractivity contribution in [2.24, 2.45) is 0 Å². The molecule has 0 atom stereocenters. The fourth-order valence-electron chi connectivity index (χ4n) is 3.46. The van der Waals surface area contributed by atoms with E-state index in [4.69, 9.17) is 9.52 Å². The molecule has 2 aromatic heterocycles. The van der Waals surface area contributed by atoms with E-state index in [9.17, 15) is 4.79 Å². The van der Waals surface area contributed by atoms with Crippen LogP contribution < -0.4 is 0 Å². The highest BCUT2D eigenvalue weighted by Crippen LogP contribution is 2.27. The molecule has 0 saturated heterocycles. The third-order valence-electron chi connectivity index (χ3n) is 5.21. The van der Waals surface area contributed by atoms with E-state index >= 15 is 0 Å². The Bertz CT molecular complexity index is 1230. The van der Waals surface area contributed by atoms with Gasteiger partial charge in [-0.1, -0.05) is 30.3 Å². The van der Waals surface area contributed by atoms with E-state index in [1.54, 1.807) is 38.6 Å². The molecule has 0 bridgehead atoms. The maximum atomic E-state index is 12.1. The molecule has 1 N–H and O–H groups in total. The molecule has 8 nitrogen and oxygen atoms in total. The van der Waals surface area contributed by atoms with Gasteiger partial charge in [0.15, 0.2) is 0 Å². The number of aromatic nitrogens is 4. The van der Waals surface area contributed by atoms with Gasteiger partial charge < -0.3 is 14.4 Å². The van der Waals surface area contributed by atoms with E-state index in [0.29, 0.717) is 22.8 Å². The van der Waals surface area contributed by atoms with Gasteiger partial charge in [-0.05, 0) is 43.0 Å². The third-order valence-corrected chi connectivity index (χ3v) is 5.21. The molecule has 168 valence electrons. The SMILES string of the molecule is CN(C)C(=O)c1ccc(-c2cncc(-c3nnc(-c4ccccc4CCCCO)o3)n2)cc1. The summed E-state index contributed by atoms with van der Waals surface area (Å²) < 4.78 is 5.95. The van der Waals surface area contributed by atoms with Crippen molar-refractivity contribution >= 4 is 5.91 Å². The maximum absolute atomic E-state index is 12.1. The molecule has 1 amide bonds. The van der Waals surface area contributed by atoms with E-state index in [-0.39, 0.29) is 18.4 Å². The minimum absolute atomic E-state index is 0.0589. The quantitative estimate of drug-likeness (QED) is 0.412. The molecule has 0 saturated carbocycles. The summed E-state index contributed by atoms with van der Waals surface area (Å²) in [5.41, 5.74) is 4.51. The first kappa shape index (κ1) is 22.3. The zero-order valence-corrected chi connectivity index (χ0v) is 18.6. The van der Waals surface area contributed by atoms with Gasteiger partial charge in [-0.15, -0.1) is 10.2 Å². The number of unbranched alkanes of at least 4 members (excludes halogenated alkanes) is 1. The number of nitrogens with zero attached hydrogens (tertiary/aromatic N) is 5. The summed E-state index contributed by atoms with van der Waals surface area (Å²) >= 11 is 0. The van der Waals surface area contributed by atoms with Gasteiger partial charge in [0.1, 0.15) is 5.69 Å². The lowest BCUT2D eigenvalue weighted by Crippen LogP contribution is -2.21. The van der Waals surface area contributed by atoms with E-state index in [1.807, 2.05) is 36.4 Å². The molecule has 0 unspecified atom stereocenters. The van der Waals surface area contributed by atoms with Crippen LogP contribution in [0.15, 0.2) is 65.3 Å². The van der Waals surface area contributed by atoms with Crippen LogP contribution in [-0.4, -0.2) is 56.8 Å². The number of aryl methyl sites for hydroxylation is 1. The number of benzene rings is 2. The highest BCUT2D eigenvalue weighted by Gasteiger charge is 2.16. The number of aliphatic hydroxyl groups excluding tert-OH is 1. The molecule has 33 heavy (non-hydrogen) atoms. The topological polar surface area (TPSA) is 105 Å². The maximum Gasteiger partial charge on any atom is 0.268 e. The first-order valence-corrected chi connectivity index (χ1v) is 10.7. The van der Waals surface area contributed by atoms with Gasteiger partial charge in [-0.3, -0.25) is 9.78 Å². The smallest absolute Gasteiger partial charge is 0.268 e. The monoisotopic (exact) mass is 443 g/mol. The van der Waals surface area contributed by atoms with Crippen molar-refractivity contribution in [2.45, 2.75) is 19.3 Å². The number of hydrogen-bond donors (Lipinski definition) is 1. The Labute approximate surface area is 192 Å². The summed E-state index contributed by atoms with van der Waals surface area (Å²) in [4.78, 5) is 22.6. The summed E-state index contributed by atoms with van der Waals surface area (Å²) in [5.74, 6) is 0.642. The second-order valence-electron chi connectivity index (χ2n) is 7.82. The highest BCUT2D eigenvalue weighted by molar-refractivity contribution is 5.94. The van der Waals surface area contributed by atoms with Gasteiger partial charge in [0.25, 0.3) is 11.8 Å². The van der Waals surface area contributed by atoms with Crippen molar-refractivity contribution in [2.75, 3.05) is 20.7 Å². The van der Waals surface area contributed by atoms with Gasteiger partial charge in [0.05, 0.1) is 18.1 Å². The standard InChI is InChI=1S/C25H25N5O3/c1-30(2)25(32)19-12-10-18(11-13-19)21-15-26-16-22(27-21)24-29-28-23(33-24)20-9-4-3-7-17(20)8-5-6-14-31/h3-4,7,9-13,15-16,31H,5-6,8,14H2,1-2H3. The fourth-order valence-corrected chi connectivity index (χ4v) is 3.46. The molecule has 4 rings (SSSR count). The van der Waals surface area contributed by atoms with E-state index in [1.165, 1.54) is 4.90 Å². The van der Waals surface area contributed by atoms with E-state index < -0.39 is 0 Å². The molecule has 0 aliphatic rings. The normalized spacial score (nSPS) is 10.9. The first-order chi connectivity index (χ1) is 16.1. The molecule has 4 aromatic rings. The van der Waals surface area contributed by atoms with Crippen molar-refractivity contribution in [1.82, 2.24) is 25.1 Å². The Morgan fingerprint density at radius 2 is 1.67 bits per heavy atom. The predicted molar refractivity (Wildman–Crippen MR) is 124 cm³/mol. The highest BCUT2D eigenvalue weighted by atomic mass is 16.4. The van der Waals surface area contributed by atoms with Crippen molar-refractivity contribution in [1.29, 1.82) is 0 Å². The van der Waals surface area contributed by atoms with Crippen LogP contribution >= 0.6 is 0 Å². The van der Waals surface area contributed by atoms with Crippen molar-refractivity contribution in [3.05, 3.63) is 72.1 Å². The Morgan fingerprint density at radius 1 is 0.939 bits per heavy atom. The van der Waals surface area contributed by atoms with Crippen LogP contribution in [0.5, 0.6) is 0 Å². The Balaban J connectivity index is 1.58. The molecule has 0 spiro atoms. The van der Waals surface area contributed by atoms with Gasteiger partial charge in [0, 0.05) is 37.4 Å². The Kier molecular flexibility index (Phi) is 6.85. The molecule has 0 aliphatic heterocycles.